The summed E-state index contributed by atoms with van der Waals surface area (Å²) in [7, 11) is 1.11. The minimum atomic E-state index is -2.16. The molecule has 0 fully saturated rings. The van der Waals surface area contributed by atoms with E-state index in [1.807, 2.05) is 30.3 Å². The van der Waals surface area contributed by atoms with E-state index in [1.54, 1.807) is 0 Å². The molecule has 1 aromatic carbocycles. The van der Waals surface area contributed by atoms with E-state index in [2.05, 4.69) is 4.74 Å². The third-order valence-electron chi connectivity index (χ3n) is 2.47. The zero-order valence-electron chi connectivity index (χ0n) is 10.4. The van der Waals surface area contributed by atoms with Crippen molar-refractivity contribution < 1.29 is 24.2 Å². The van der Waals surface area contributed by atoms with Gasteiger partial charge in [0, 0.05) is 0 Å². The SMILES string of the molecule is COC(=O)[C@@](C)(O)C(=O)COCc1ccccc1. The standard InChI is InChI=1S/C13H16O5/c1-13(16,12(15)17-2)11(14)9-18-8-10-6-4-3-5-7-10/h3-7,16H,8-9H2,1-2H3/t13-/m0/s1. The van der Waals surface area contributed by atoms with Crippen molar-refractivity contribution >= 4 is 11.8 Å². The monoisotopic (exact) mass is 252 g/mol. The van der Waals surface area contributed by atoms with Crippen molar-refractivity contribution in [2.24, 2.45) is 0 Å². The minimum absolute atomic E-state index is 0.240. The Morgan fingerprint density at radius 2 is 1.89 bits per heavy atom. The molecule has 5 nitrogen and oxygen atoms in total. The number of rotatable bonds is 6. The molecule has 1 aromatic rings. The Morgan fingerprint density at radius 3 is 2.44 bits per heavy atom. The lowest BCUT2D eigenvalue weighted by molar-refractivity contribution is -0.168. The van der Waals surface area contributed by atoms with Gasteiger partial charge in [0.15, 0.2) is 0 Å². The number of carbonyl (C=O) groups excluding carboxylic acids is 2. The second-order valence-corrected chi connectivity index (χ2v) is 3.97. The summed E-state index contributed by atoms with van der Waals surface area (Å²) in [6.07, 6.45) is 0. The van der Waals surface area contributed by atoms with Crippen molar-refractivity contribution in [1.29, 1.82) is 0 Å². The van der Waals surface area contributed by atoms with Crippen molar-refractivity contribution in [1.82, 2.24) is 0 Å². The quantitative estimate of drug-likeness (QED) is 0.596. The average Bonchev–Trinajstić information content (AvgIpc) is 2.38. The summed E-state index contributed by atoms with van der Waals surface area (Å²) in [6, 6.07) is 9.28. The first-order chi connectivity index (χ1) is 8.48. The molecule has 0 aliphatic rings. The number of methoxy groups -OCH3 is 1. The largest absolute Gasteiger partial charge is 0.467 e. The molecule has 0 amide bonds. The number of hydrogen-bond donors (Lipinski definition) is 1. The predicted molar refractivity (Wildman–Crippen MR) is 63.7 cm³/mol. The lowest BCUT2D eigenvalue weighted by Crippen LogP contribution is -2.46. The molecule has 0 unspecified atom stereocenters. The fourth-order valence-electron chi connectivity index (χ4n) is 1.29. The van der Waals surface area contributed by atoms with E-state index in [4.69, 9.17) is 4.74 Å². The molecule has 0 saturated carbocycles. The summed E-state index contributed by atoms with van der Waals surface area (Å²) < 4.78 is 9.48. The van der Waals surface area contributed by atoms with Gasteiger partial charge in [0.1, 0.15) is 6.61 Å². The first-order valence-corrected chi connectivity index (χ1v) is 5.44. The number of esters is 1. The van der Waals surface area contributed by atoms with Gasteiger partial charge in [-0.15, -0.1) is 0 Å². The van der Waals surface area contributed by atoms with Crippen molar-refractivity contribution in [2.45, 2.75) is 19.1 Å². The first-order valence-electron chi connectivity index (χ1n) is 5.44. The maximum Gasteiger partial charge on any atom is 0.345 e. The van der Waals surface area contributed by atoms with Crippen LogP contribution in [-0.4, -0.2) is 36.2 Å². The van der Waals surface area contributed by atoms with Crippen molar-refractivity contribution in [2.75, 3.05) is 13.7 Å². The van der Waals surface area contributed by atoms with Gasteiger partial charge in [-0.1, -0.05) is 30.3 Å². The maximum atomic E-state index is 11.6. The molecule has 0 aromatic heterocycles. The van der Waals surface area contributed by atoms with Crippen LogP contribution in [0.15, 0.2) is 30.3 Å². The lowest BCUT2D eigenvalue weighted by atomic mass is 10.0. The topological polar surface area (TPSA) is 72.8 Å². The fraction of sp³-hybridized carbons (Fsp3) is 0.385. The zero-order chi connectivity index (χ0) is 13.6. The van der Waals surface area contributed by atoms with E-state index in [0.717, 1.165) is 19.6 Å². The van der Waals surface area contributed by atoms with Crippen LogP contribution in [0.4, 0.5) is 0 Å². The molecular weight excluding hydrogens is 236 g/mol. The van der Waals surface area contributed by atoms with Gasteiger partial charge in [0.2, 0.25) is 11.4 Å². The van der Waals surface area contributed by atoms with Crippen LogP contribution in [0.3, 0.4) is 0 Å². The van der Waals surface area contributed by atoms with Crippen LogP contribution in [0.1, 0.15) is 12.5 Å². The fourth-order valence-corrected chi connectivity index (χ4v) is 1.29. The molecule has 0 saturated heterocycles. The number of Topliss-reactive ketones (excluding diaryl/α,β-unsaturated/α-hetero) is 1. The zero-order valence-corrected chi connectivity index (χ0v) is 10.4. The number of ketones is 1. The lowest BCUT2D eigenvalue weighted by Gasteiger charge is -2.18. The summed E-state index contributed by atoms with van der Waals surface area (Å²) in [5.41, 5.74) is -1.26. The summed E-state index contributed by atoms with van der Waals surface area (Å²) in [5, 5.41) is 9.64. The number of hydrogen-bond acceptors (Lipinski definition) is 5. The van der Waals surface area contributed by atoms with Crippen LogP contribution in [0, 0.1) is 0 Å². The highest BCUT2D eigenvalue weighted by Gasteiger charge is 2.39. The maximum absolute atomic E-state index is 11.6. The Morgan fingerprint density at radius 1 is 1.28 bits per heavy atom. The van der Waals surface area contributed by atoms with E-state index in [1.165, 1.54) is 0 Å². The predicted octanol–water partition coefficient (Wildman–Crippen LogP) is 0.696. The highest BCUT2D eigenvalue weighted by molar-refractivity contribution is 6.06. The van der Waals surface area contributed by atoms with E-state index in [9.17, 15) is 14.7 Å². The van der Waals surface area contributed by atoms with Gasteiger partial charge >= 0.3 is 5.97 Å². The summed E-state index contributed by atoms with van der Waals surface area (Å²) in [5.74, 6) is -1.72. The number of aliphatic hydroxyl groups is 1. The molecule has 1 rings (SSSR count). The van der Waals surface area contributed by atoms with Gasteiger partial charge in [-0.25, -0.2) is 4.79 Å². The summed E-state index contributed by atoms with van der Waals surface area (Å²) in [6.45, 7) is 0.980. The van der Waals surface area contributed by atoms with Crippen LogP contribution >= 0.6 is 0 Å². The molecular formula is C13H16O5. The highest BCUT2D eigenvalue weighted by Crippen LogP contribution is 2.09. The van der Waals surface area contributed by atoms with Gasteiger partial charge < -0.3 is 14.6 Å². The molecule has 0 radical (unpaired) electrons. The van der Waals surface area contributed by atoms with Crippen LogP contribution in [0.25, 0.3) is 0 Å². The number of benzene rings is 1. The van der Waals surface area contributed by atoms with Gasteiger partial charge in [0.25, 0.3) is 0 Å². The van der Waals surface area contributed by atoms with E-state index >= 15 is 0 Å². The molecule has 1 N–H and O–H groups in total. The van der Waals surface area contributed by atoms with Crippen LogP contribution in [0.2, 0.25) is 0 Å². The second kappa shape index (κ2) is 6.28. The molecule has 98 valence electrons. The number of carbonyl (C=O) groups is 2. The average molecular weight is 252 g/mol. The van der Waals surface area contributed by atoms with Gasteiger partial charge in [-0.05, 0) is 12.5 Å². The Bertz CT molecular complexity index is 411. The Hall–Kier alpha value is -1.72. The van der Waals surface area contributed by atoms with Crippen molar-refractivity contribution in [3.05, 3.63) is 35.9 Å². The Kier molecular flexibility index (Phi) is 5.00. The molecule has 0 aliphatic carbocycles. The second-order valence-electron chi connectivity index (χ2n) is 3.97. The molecule has 0 spiro atoms. The highest BCUT2D eigenvalue weighted by atomic mass is 16.5. The van der Waals surface area contributed by atoms with Gasteiger partial charge in [-0.3, -0.25) is 4.79 Å². The summed E-state index contributed by atoms with van der Waals surface area (Å²) >= 11 is 0. The van der Waals surface area contributed by atoms with Crippen LogP contribution in [-0.2, 0) is 25.7 Å². The van der Waals surface area contributed by atoms with Gasteiger partial charge in [-0.2, -0.15) is 0 Å². The van der Waals surface area contributed by atoms with E-state index in [-0.39, 0.29) is 13.2 Å². The van der Waals surface area contributed by atoms with Crippen LogP contribution in [0.5, 0.6) is 0 Å². The Labute approximate surface area is 105 Å². The first kappa shape index (κ1) is 14.3. The molecule has 0 aliphatic heterocycles. The van der Waals surface area contributed by atoms with Crippen LogP contribution < -0.4 is 0 Å². The Balaban J connectivity index is 2.44. The third-order valence-corrected chi connectivity index (χ3v) is 2.47. The number of ether oxygens (including phenoxy) is 2. The van der Waals surface area contributed by atoms with Gasteiger partial charge in [0.05, 0.1) is 13.7 Å². The molecule has 1 atom stereocenters. The third kappa shape index (κ3) is 3.65. The van der Waals surface area contributed by atoms with E-state index in [0.29, 0.717) is 0 Å². The van der Waals surface area contributed by atoms with Crippen molar-refractivity contribution in [3.8, 4) is 0 Å². The minimum Gasteiger partial charge on any atom is -0.467 e. The molecule has 0 heterocycles. The van der Waals surface area contributed by atoms with Crippen molar-refractivity contribution in [3.63, 3.8) is 0 Å². The smallest absolute Gasteiger partial charge is 0.345 e. The molecule has 18 heavy (non-hydrogen) atoms. The molecule has 0 bridgehead atoms. The van der Waals surface area contributed by atoms with E-state index < -0.39 is 17.4 Å². The molecule has 5 heteroatoms. The summed E-state index contributed by atoms with van der Waals surface area (Å²) in [4.78, 5) is 22.7. The normalized spacial score (nSPS) is 13.7.